The van der Waals surface area contributed by atoms with Crippen LogP contribution in [0.1, 0.15) is 26.3 Å². The van der Waals surface area contributed by atoms with Crippen LogP contribution in [0.3, 0.4) is 0 Å². The van der Waals surface area contributed by atoms with Crippen LogP contribution in [0.5, 0.6) is 0 Å². The largest absolute Gasteiger partial charge is 0.352 e. The van der Waals surface area contributed by atoms with Crippen LogP contribution < -0.4 is 5.32 Å². The first-order chi connectivity index (χ1) is 7.71. The van der Waals surface area contributed by atoms with Gasteiger partial charge in [0.2, 0.25) is 5.91 Å². The summed E-state index contributed by atoms with van der Waals surface area (Å²) in [5, 5.41) is 3.86. The summed E-state index contributed by atoms with van der Waals surface area (Å²) >= 11 is 16.1. The molecule has 0 unspecified atom stereocenters. The van der Waals surface area contributed by atoms with E-state index in [-0.39, 0.29) is 5.91 Å². The van der Waals surface area contributed by atoms with Crippen LogP contribution in [0.4, 0.5) is 0 Å². The van der Waals surface area contributed by atoms with Crippen LogP contribution in [0, 0.1) is 5.41 Å². The van der Waals surface area contributed by atoms with Gasteiger partial charge in [0.15, 0.2) is 0 Å². The summed E-state index contributed by atoms with van der Waals surface area (Å²) in [5.41, 5.74) is 0.390. The minimum atomic E-state index is -0.414. The Morgan fingerprint density at radius 1 is 1.29 bits per heavy atom. The molecule has 94 valence electrons. The minimum Gasteiger partial charge on any atom is -0.352 e. The zero-order valence-electron chi connectivity index (χ0n) is 9.97. The van der Waals surface area contributed by atoms with Gasteiger partial charge in [0, 0.05) is 21.9 Å². The standard InChI is InChI=1S/C12H15Cl2NOS/c1-12(2,3)11(16)15-6-7-4-10(17)9(14)5-8(7)13/h4-5,17H,6H2,1-3H3,(H,15,16). The fraction of sp³-hybridized carbons (Fsp3) is 0.417. The molecule has 1 aromatic carbocycles. The Morgan fingerprint density at radius 2 is 1.88 bits per heavy atom. The summed E-state index contributed by atoms with van der Waals surface area (Å²) < 4.78 is 0. The molecule has 0 atom stereocenters. The molecule has 0 bridgehead atoms. The predicted octanol–water partition coefficient (Wildman–Crippen LogP) is 3.94. The smallest absolute Gasteiger partial charge is 0.225 e. The van der Waals surface area contributed by atoms with Crippen molar-refractivity contribution >= 4 is 41.7 Å². The maximum atomic E-state index is 11.7. The van der Waals surface area contributed by atoms with Gasteiger partial charge in [0.05, 0.1) is 5.02 Å². The molecule has 0 radical (unpaired) electrons. The molecule has 0 spiro atoms. The molecular weight excluding hydrogens is 277 g/mol. The quantitative estimate of drug-likeness (QED) is 0.794. The fourth-order valence-corrected chi connectivity index (χ4v) is 1.83. The SMILES string of the molecule is CC(C)(C)C(=O)NCc1cc(S)c(Cl)cc1Cl. The molecule has 0 saturated carbocycles. The van der Waals surface area contributed by atoms with Crippen molar-refractivity contribution in [1.82, 2.24) is 5.32 Å². The van der Waals surface area contributed by atoms with Crippen molar-refractivity contribution in [1.29, 1.82) is 0 Å². The maximum Gasteiger partial charge on any atom is 0.225 e. The van der Waals surface area contributed by atoms with Crippen molar-refractivity contribution in [3.05, 3.63) is 27.7 Å². The second-order valence-corrected chi connectivity index (χ2v) is 6.12. The number of benzene rings is 1. The molecule has 1 aromatic rings. The van der Waals surface area contributed by atoms with E-state index in [1.165, 1.54) is 0 Å². The Morgan fingerprint density at radius 3 is 2.41 bits per heavy atom. The molecule has 0 aliphatic heterocycles. The number of rotatable bonds is 2. The van der Waals surface area contributed by atoms with Crippen molar-refractivity contribution in [3.63, 3.8) is 0 Å². The molecule has 17 heavy (non-hydrogen) atoms. The van der Waals surface area contributed by atoms with E-state index < -0.39 is 5.41 Å². The molecule has 0 aliphatic carbocycles. The Balaban J connectivity index is 2.77. The first-order valence-corrected chi connectivity index (χ1v) is 6.37. The zero-order valence-corrected chi connectivity index (χ0v) is 12.4. The summed E-state index contributed by atoms with van der Waals surface area (Å²) in [6.45, 7) is 5.95. The molecule has 0 aliphatic rings. The summed E-state index contributed by atoms with van der Waals surface area (Å²) in [6, 6.07) is 3.39. The number of halogens is 2. The minimum absolute atomic E-state index is 0.0239. The highest BCUT2D eigenvalue weighted by Crippen LogP contribution is 2.27. The van der Waals surface area contributed by atoms with Gasteiger partial charge in [-0.1, -0.05) is 44.0 Å². The van der Waals surface area contributed by atoms with Crippen molar-refractivity contribution in [2.45, 2.75) is 32.2 Å². The average molecular weight is 292 g/mol. The van der Waals surface area contributed by atoms with Crippen LogP contribution in [0.2, 0.25) is 10.0 Å². The molecule has 0 aromatic heterocycles. The lowest BCUT2D eigenvalue weighted by atomic mass is 9.95. The Labute approximate surface area is 117 Å². The second kappa shape index (κ2) is 5.51. The molecule has 5 heteroatoms. The van der Waals surface area contributed by atoms with Gasteiger partial charge in [-0.3, -0.25) is 4.79 Å². The first kappa shape index (κ1) is 14.7. The normalized spacial score (nSPS) is 11.4. The molecule has 0 saturated heterocycles. The molecule has 1 amide bonds. The van der Waals surface area contributed by atoms with Gasteiger partial charge in [-0.15, -0.1) is 12.6 Å². The van der Waals surface area contributed by atoms with Crippen LogP contribution in [0.15, 0.2) is 17.0 Å². The van der Waals surface area contributed by atoms with E-state index in [0.29, 0.717) is 21.5 Å². The highest BCUT2D eigenvalue weighted by atomic mass is 35.5. The molecule has 0 fully saturated rings. The molecule has 2 nitrogen and oxygen atoms in total. The second-order valence-electron chi connectivity index (χ2n) is 4.83. The van der Waals surface area contributed by atoms with Crippen molar-refractivity contribution in [3.8, 4) is 0 Å². The highest BCUT2D eigenvalue weighted by Gasteiger charge is 2.20. The number of hydrogen-bond donors (Lipinski definition) is 2. The number of carbonyl (C=O) groups excluding carboxylic acids is 1. The third-order valence-electron chi connectivity index (χ3n) is 2.24. The molecule has 0 heterocycles. The summed E-state index contributed by atoms with van der Waals surface area (Å²) in [6.07, 6.45) is 0. The Bertz CT molecular complexity index is 441. The van der Waals surface area contributed by atoms with E-state index in [2.05, 4.69) is 17.9 Å². The number of hydrogen-bond acceptors (Lipinski definition) is 2. The van der Waals surface area contributed by atoms with E-state index in [1.807, 2.05) is 20.8 Å². The van der Waals surface area contributed by atoms with Gasteiger partial charge >= 0.3 is 0 Å². The zero-order chi connectivity index (χ0) is 13.2. The van der Waals surface area contributed by atoms with E-state index in [9.17, 15) is 4.79 Å². The third kappa shape index (κ3) is 4.09. The van der Waals surface area contributed by atoms with Crippen LogP contribution >= 0.6 is 35.8 Å². The lowest BCUT2D eigenvalue weighted by Crippen LogP contribution is -2.34. The molecule has 1 rings (SSSR count). The predicted molar refractivity (Wildman–Crippen MR) is 75.0 cm³/mol. The molecular formula is C12H15Cl2NOS. The van der Waals surface area contributed by atoms with E-state index >= 15 is 0 Å². The van der Waals surface area contributed by atoms with Crippen LogP contribution in [-0.4, -0.2) is 5.91 Å². The topological polar surface area (TPSA) is 29.1 Å². The Hall–Kier alpha value is -0.380. The van der Waals surface area contributed by atoms with Crippen molar-refractivity contribution < 1.29 is 4.79 Å². The van der Waals surface area contributed by atoms with Crippen molar-refractivity contribution in [2.75, 3.05) is 0 Å². The third-order valence-corrected chi connectivity index (χ3v) is 3.40. The van der Waals surface area contributed by atoms with E-state index in [1.54, 1.807) is 12.1 Å². The lowest BCUT2D eigenvalue weighted by molar-refractivity contribution is -0.128. The summed E-state index contributed by atoms with van der Waals surface area (Å²) in [4.78, 5) is 12.4. The average Bonchev–Trinajstić information content (AvgIpc) is 2.19. The number of amides is 1. The summed E-state index contributed by atoms with van der Waals surface area (Å²) in [7, 11) is 0. The fourth-order valence-electron chi connectivity index (χ4n) is 1.16. The van der Waals surface area contributed by atoms with Gasteiger partial charge in [0.25, 0.3) is 0 Å². The van der Waals surface area contributed by atoms with Crippen LogP contribution in [0.25, 0.3) is 0 Å². The molecule has 1 N–H and O–H groups in total. The monoisotopic (exact) mass is 291 g/mol. The maximum absolute atomic E-state index is 11.7. The number of nitrogens with one attached hydrogen (secondary N) is 1. The van der Waals surface area contributed by atoms with Gasteiger partial charge in [-0.05, 0) is 17.7 Å². The van der Waals surface area contributed by atoms with Gasteiger partial charge in [-0.25, -0.2) is 0 Å². The van der Waals surface area contributed by atoms with E-state index in [4.69, 9.17) is 23.2 Å². The Kier molecular flexibility index (Phi) is 4.76. The number of carbonyl (C=O) groups is 1. The van der Waals surface area contributed by atoms with Gasteiger partial charge < -0.3 is 5.32 Å². The highest BCUT2D eigenvalue weighted by molar-refractivity contribution is 7.80. The van der Waals surface area contributed by atoms with E-state index in [0.717, 1.165) is 5.56 Å². The number of thiol groups is 1. The lowest BCUT2D eigenvalue weighted by Gasteiger charge is -2.18. The summed E-state index contributed by atoms with van der Waals surface area (Å²) in [5.74, 6) is -0.0239. The van der Waals surface area contributed by atoms with Crippen LogP contribution in [-0.2, 0) is 11.3 Å². The van der Waals surface area contributed by atoms with Crippen molar-refractivity contribution in [2.24, 2.45) is 5.41 Å². The van der Waals surface area contributed by atoms with Gasteiger partial charge in [0.1, 0.15) is 0 Å². The first-order valence-electron chi connectivity index (χ1n) is 5.17. The van der Waals surface area contributed by atoms with Gasteiger partial charge in [-0.2, -0.15) is 0 Å².